The van der Waals surface area contributed by atoms with Gasteiger partial charge in [0, 0.05) is 5.41 Å². The molecule has 0 saturated heterocycles. The van der Waals surface area contributed by atoms with E-state index < -0.39 is 0 Å². The van der Waals surface area contributed by atoms with Gasteiger partial charge in [0.15, 0.2) is 0 Å². The Labute approximate surface area is 271 Å². The Bertz CT molecular complexity index is 2370. The molecule has 2 aliphatic carbocycles. The van der Waals surface area contributed by atoms with E-state index in [1.54, 1.807) is 0 Å². The normalized spacial score (nSPS) is 15.9. The Balaban J connectivity index is 1.30. The molecule has 0 bridgehead atoms. The Morgan fingerprint density at radius 1 is 0.522 bits per heavy atom. The second-order valence-electron chi connectivity index (χ2n) is 13.7. The van der Waals surface area contributed by atoms with E-state index in [9.17, 15) is 0 Å². The number of benzene rings is 7. The fourth-order valence-corrected chi connectivity index (χ4v) is 8.55. The van der Waals surface area contributed by atoms with Crippen LogP contribution in [0.5, 0.6) is 0 Å². The summed E-state index contributed by atoms with van der Waals surface area (Å²) in [5, 5.41) is 5.36. The van der Waals surface area contributed by atoms with Crippen LogP contribution in [-0.4, -0.2) is 0 Å². The maximum atomic E-state index is 2.43. The second-order valence-corrected chi connectivity index (χ2v) is 13.7. The third-order valence-electron chi connectivity index (χ3n) is 10.7. The van der Waals surface area contributed by atoms with Crippen LogP contribution in [0.2, 0.25) is 0 Å². The van der Waals surface area contributed by atoms with Gasteiger partial charge < -0.3 is 0 Å². The highest BCUT2D eigenvalue weighted by molar-refractivity contribution is 6.12. The van der Waals surface area contributed by atoms with Gasteiger partial charge in [0.1, 0.15) is 0 Å². The molecule has 220 valence electrons. The second kappa shape index (κ2) is 10.2. The molecule has 0 fully saturated rings. The Hall–Kier alpha value is -5.20. The van der Waals surface area contributed by atoms with Crippen molar-refractivity contribution < 1.29 is 0 Å². The number of allylic oxidation sites excluding steroid dienone is 1. The summed E-state index contributed by atoms with van der Waals surface area (Å²) in [6, 6.07) is 49.9. The minimum Gasteiger partial charge on any atom is -0.0833 e. The molecule has 0 radical (unpaired) electrons. The van der Waals surface area contributed by atoms with Crippen LogP contribution >= 0.6 is 0 Å². The van der Waals surface area contributed by atoms with Crippen LogP contribution in [0.1, 0.15) is 55.4 Å². The standard InChI is InChI=1S/C46H36/c1-29-14-11-23-39-42(29)44(30-15-5-4-6-16-30)37-21-8-7-20-36(37)43(39)32-18-12-17-31(28-32)33-26-27-38-34-19-9-10-24-40(34)46(2,3)41-25-13-22-35(33)45(38)41/h4-13,15-29H,14H2,1-3H3. The van der Waals surface area contributed by atoms with Crippen molar-refractivity contribution in [1.82, 2.24) is 0 Å². The fourth-order valence-electron chi connectivity index (χ4n) is 8.55. The van der Waals surface area contributed by atoms with Crippen molar-refractivity contribution in [2.45, 2.75) is 38.5 Å². The van der Waals surface area contributed by atoms with E-state index in [1.165, 1.54) is 88.3 Å². The van der Waals surface area contributed by atoms with Gasteiger partial charge in [0.05, 0.1) is 0 Å². The number of rotatable bonds is 3. The molecule has 0 heteroatoms. The van der Waals surface area contributed by atoms with E-state index in [2.05, 4.69) is 166 Å². The lowest BCUT2D eigenvalue weighted by molar-refractivity contribution is 0.645. The molecular formula is C46H36. The monoisotopic (exact) mass is 588 g/mol. The number of fused-ring (bicyclic) bond motifs is 4. The van der Waals surface area contributed by atoms with Crippen LogP contribution in [0, 0.1) is 0 Å². The predicted molar refractivity (Wildman–Crippen MR) is 197 cm³/mol. The van der Waals surface area contributed by atoms with E-state index in [-0.39, 0.29) is 5.41 Å². The lowest BCUT2D eigenvalue weighted by atomic mass is 9.68. The highest BCUT2D eigenvalue weighted by Crippen LogP contribution is 2.51. The van der Waals surface area contributed by atoms with E-state index in [0.717, 1.165) is 6.42 Å². The van der Waals surface area contributed by atoms with Crippen molar-refractivity contribution in [2.24, 2.45) is 0 Å². The largest absolute Gasteiger partial charge is 0.0833 e. The van der Waals surface area contributed by atoms with Crippen molar-refractivity contribution in [2.75, 3.05) is 0 Å². The van der Waals surface area contributed by atoms with Gasteiger partial charge in [0.25, 0.3) is 0 Å². The van der Waals surface area contributed by atoms with Crippen LogP contribution in [0.4, 0.5) is 0 Å². The molecule has 0 nitrogen and oxygen atoms in total. The average molecular weight is 589 g/mol. The van der Waals surface area contributed by atoms with Crippen molar-refractivity contribution in [1.29, 1.82) is 0 Å². The van der Waals surface area contributed by atoms with Gasteiger partial charge in [-0.2, -0.15) is 0 Å². The van der Waals surface area contributed by atoms with E-state index >= 15 is 0 Å². The maximum absolute atomic E-state index is 2.43. The van der Waals surface area contributed by atoms with Gasteiger partial charge in [-0.1, -0.05) is 160 Å². The van der Waals surface area contributed by atoms with Crippen LogP contribution < -0.4 is 0 Å². The fraction of sp³-hybridized carbons (Fsp3) is 0.130. The first kappa shape index (κ1) is 27.1. The molecule has 46 heavy (non-hydrogen) atoms. The summed E-state index contributed by atoms with van der Waals surface area (Å²) in [5.41, 5.74) is 16.1. The molecule has 0 aromatic heterocycles. The maximum Gasteiger partial charge on any atom is 0.0159 e. The first-order valence-corrected chi connectivity index (χ1v) is 16.6. The van der Waals surface area contributed by atoms with Crippen molar-refractivity contribution in [3.05, 3.63) is 162 Å². The number of hydrogen-bond donors (Lipinski definition) is 0. The minimum absolute atomic E-state index is 0.0644. The molecule has 0 aliphatic heterocycles. The lowest BCUT2D eigenvalue weighted by Gasteiger charge is -2.35. The molecule has 0 spiro atoms. The molecule has 2 aliphatic rings. The number of hydrogen-bond acceptors (Lipinski definition) is 0. The zero-order valence-electron chi connectivity index (χ0n) is 26.6. The molecule has 7 aromatic rings. The van der Waals surface area contributed by atoms with Gasteiger partial charge in [-0.25, -0.2) is 0 Å². The topological polar surface area (TPSA) is 0 Å². The third-order valence-corrected chi connectivity index (χ3v) is 10.7. The van der Waals surface area contributed by atoms with Crippen LogP contribution in [0.3, 0.4) is 0 Å². The van der Waals surface area contributed by atoms with Crippen LogP contribution in [-0.2, 0) is 5.41 Å². The summed E-state index contributed by atoms with van der Waals surface area (Å²) in [7, 11) is 0. The Kier molecular flexibility index (Phi) is 5.99. The molecule has 0 amide bonds. The summed E-state index contributed by atoms with van der Waals surface area (Å²) in [6.07, 6.45) is 5.82. The Morgan fingerprint density at radius 3 is 2.00 bits per heavy atom. The van der Waals surface area contributed by atoms with Gasteiger partial charge in [-0.3, -0.25) is 0 Å². The first-order chi connectivity index (χ1) is 22.5. The average Bonchev–Trinajstić information content (AvgIpc) is 3.10. The minimum atomic E-state index is -0.0644. The smallest absolute Gasteiger partial charge is 0.0159 e. The van der Waals surface area contributed by atoms with Gasteiger partial charge in [0.2, 0.25) is 0 Å². The molecule has 1 atom stereocenters. The summed E-state index contributed by atoms with van der Waals surface area (Å²) < 4.78 is 0. The molecular weight excluding hydrogens is 553 g/mol. The SMILES string of the molecule is CC1CC=Cc2c1c(-c1ccccc1)c1ccccc1c2-c1cccc(-c2ccc3c4c(cccc24)C(C)(C)c2ccccc2-3)c1. The molecule has 9 rings (SSSR count). The van der Waals surface area contributed by atoms with Crippen molar-refractivity contribution >= 4 is 27.6 Å². The van der Waals surface area contributed by atoms with Crippen LogP contribution in [0.15, 0.2) is 140 Å². The van der Waals surface area contributed by atoms with E-state index in [0.29, 0.717) is 5.92 Å². The molecule has 7 aromatic carbocycles. The lowest BCUT2D eigenvalue weighted by Crippen LogP contribution is -2.23. The third kappa shape index (κ3) is 3.86. The van der Waals surface area contributed by atoms with E-state index in [4.69, 9.17) is 0 Å². The van der Waals surface area contributed by atoms with E-state index in [1.807, 2.05) is 0 Å². The summed E-state index contributed by atoms with van der Waals surface area (Å²) in [6.45, 7) is 7.14. The highest BCUT2D eigenvalue weighted by Gasteiger charge is 2.33. The molecule has 0 saturated carbocycles. The molecule has 1 unspecified atom stereocenters. The zero-order chi connectivity index (χ0) is 31.0. The van der Waals surface area contributed by atoms with Gasteiger partial charge in [-0.05, 0) is 107 Å². The van der Waals surface area contributed by atoms with Crippen molar-refractivity contribution in [3.8, 4) is 44.5 Å². The Morgan fingerprint density at radius 2 is 1.15 bits per heavy atom. The van der Waals surface area contributed by atoms with Gasteiger partial charge >= 0.3 is 0 Å². The highest BCUT2D eigenvalue weighted by atomic mass is 14.4. The molecule has 0 N–H and O–H groups in total. The predicted octanol–water partition coefficient (Wildman–Crippen LogP) is 12.8. The summed E-state index contributed by atoms with van der Waals surface area (Å²) in [5.74, 6) is 0.438. The quantitative estimate of drug-likeness (QED) is 0.193. The van der Waals surface area contributed by atoms with Gasteiger partial charge in [-0.15, -0.1) is 0 Å². The van der Waals surface area contributed by atoms with Crippen LogP contribution in [0.25, 0.3) is 72.1 Å². The summed E-state index contributed by atoms with van der Waals surface area (Å²) >= 11 is 0. The molecule has 0 heterocycles. The van der Waals surface area contributed by atoms with Crippen molar-refractivity contribution in [3.63, 3.8) is 0 Å². The first-order valence-electron chi connectivity index (χ1n) is 16.6. The summed E-state index contributed by atoms with van der Waals surface area (Å²) in [4.78, 5) is 0. The zero-order valence-corrected chi connectivity index (χ0v) is 26.6.